The van der Waals surface area contributed by atoms with Crippen LogP contribution in [0.5, 0.6) is 17.2 Å². The Morgan fingerprint density at radius 1 is 1.03 bits per heavy atom. The SMILES string of the molecule is C=CCc1ccccc1OCCOc1ccc(-c2nc3sc4c(c3c(=O)[nH]2)CCCC4)cc1OCC. The maximum Gasteiger partial charge on any atom is 0.260 e. The maximum absolute atomic E-state index is 13.0. The molecule has 0 fully saturated rings. The lowest BCUT2D eigenvalue weighted by atomic mass is 9.97. The standard InChI is InChI=1S/C29H30N2O4S/c1-3-9-19-10-5-7-12-22(19)34-16-17-35-23-15-14-20(18-24(23)33-4-2)27-30-28(32)26-21-11-6-8-13-25(21)36-29(26)31-27/h3,5,7,10,12,14-15,18H,1,4,6,8-9,11,13,16-17H2,2H3,(H,30,31,32). The van der Waals surface area contributed by atoms with Crippen LogP contribution in [0.1, 0.15) is 35.8 Å². The van der Waals surface area contributed by atoms with E-state index in [-0.39, 0.29) is 5.56 Å². The van der Waals surface area contributed by atoms with E-state index in [1.54, 1.807) is 11.3 Å². The second-order valence-electron chi connectivity index (χ2n) is 8.70. The number of fused-ring (bicyclic) bond motifs is 3. The van der Waals surface area contributed by atoms with Gasteiger partial charge >= 0.3 is 0 Å². The molecule has 1 aliphatic carbocycles. The van der Waals surface area contributed by atoms with Gasteiger partial charge in [-0.2, -0.15) is 0 Å². The molecule has 0 saturated carbocycles. The van der Waals surface area contributed by atoms with Crippen molar-refractivity contribution in [1.29, 1.82) is 0 Å². The van der Waals surface area contributed by atoms with Crippen LogP contribution in [0.2, 0.25) is 0 Å². The van der Waals surface area contributed by atoms with Gasteiger partial charge in [0, 0.05) is 10.4 Å². The van der Waals surface area contributed by atoms with E-state index >= 15 is 0 Å². The third-order valence-corrected chi connectivity index (χ3v) is 7.46. The van der Waals surface area contributed by atoms with E-state index < -0.39 is 0 Å². The van der Waals surface area contributed by atoms with E-state index in [1.807, 2.05) is 55.5 Å². The maximum atomic E-state index is 13.0. The van der Waals surface area contributed by atoms with E-state index in [0.29, 0.717) is 37.1 Å². The summed E-state index contributed by atoms with van der Waals surface area (Å²) >= 11 is 1.65. The zero-order valence-electron chi connectivity index (χ0n) is 20.5. The number of allylic oxidation sites excluding steroid dienone is 1. The van der Waals surface area contributed by atoms with Gasteiger partial charge in [0.05, 0.1) is 12.0 Å². The number of benzene rings is 2. The van der Waals surface area contributed by atoms with Gasteiger partial charge in [-0.25, -0.2) is 4.98 Å². The smallest absolute Gasteiger partial charge is 0.260 e. The van der Waals surface area contributed by atoms with Crippen LogP contribution in [-0.4, -0.2) is 29.8 Å². The Morgan fingerprint density at radius 3 is 2.67 bits per heavy atom. The number of nitrogens with zero attached hydrogens (tertiary/aromatic N) is 1. The first-order valence-corrected chi connectivity index (χ1v) is 13.3. The Kier molecular flexibility index (Phi) is 7.37. The zero-order chi connectivity index (χ0) is 24.9. The molecule has 4 aromatic rings. The zero-order valence-corrected chi connectivity index (χ0v) is 21.3. The first-order chi connectivity index (χ1) is 17.7. The summed E-state index contributed by atoms with van der Waals surface area (Å²) in [6.07, 6.45) is 6.92. The molecule has 0 radical (unpaired) electrons. The minimum atomic E-state index is -0.0680. The molecule has 2 heterocycles. The molecule has 0 bridgehead atoms. The molecule has 2 aromatic carbocycles. The summed E-state index contributed by atoms with van der Waals surface area (Å²) in [4.78, 5) is 22.9. The van der Waals surface area contributed by atoms with Crippen LogP contribution in [0, 0.1) is 0 Å². The number of para-hydroxylation sites is 1. The van der Waals surface area contributed by atoms with Crippen LogP contribution in [0.4, 0.5) is 0 Å². The Morgan fingerprint density at radius 2 is 1.83 bits per heavy atom. The lowest BCUT2D eigenvalue weighted by molar-refractivity contribution is 0.207. The van der Waals surface area contributed by atoms with Crippen LogP contribution in [0.3, 0.4) is 0 Å². The minimum Gasteiger partial charge on any atom is -0.490 e. The molecule has 0 saturated heterocycles. The predicted molar refractivity (Wildman–Crippen MR) is 145 cm³/mol. The fourth-order valence-electron chi connectivity index (χ4n) is 4.62. The number of aromatic nitrogens is 2. The van der Waals surface area contributed by atoms with Gasteiger partial charge in [-0.1, -0.05) is 24.3 Å². The van der Waals surface area contributed by atoms with Crippen molar-refractivity contribution >= 4 is 21.6 Å². The number of nitrogens with one attached hydrogen (secondary N) is 1. The third kappa shape index (κ3) is 5.02. The van der Waals surface area contributed by atoms with Crippen molar-refractivity contribution in [2.75, 3.05) is 19.8 Å². The molecule has 0 atom stereocenters. The Bertz CT molecular complexity index is 1440. The highest BCUT2D eigenvalue weighted by Gasteiger charge is 2.20. The van der Waals surface area contributed by atoms with Crippen LogP contribution in [-0.2, 0) is 19.3 Å². The molecule has 0 aliphatic heterocycles. The summed E-state index contributed by atoms with van der Waals surface area (Å²) in [6, 6.07) is 13.6. The first kappa shape index (κ1) is 24.1. The average Bonchev–Trinajstić information content (AvgIpc) is 3.27. The fraction of sp³-hybridized carbons (Fsp3) is 0.310. The Labute approximate surface area is 214 Å². The molecule has 1 aliphatic rings. The molecule has 2 aromatic heterocycles. The topological polar surface area (TPSA) is 73.4 Å². The van der Waals surface area contributed by atoms with Crippen LogP contribution in [0.15, 0.2) is 59.9 Å². The summed E-state index contributed by atoms with van der Waals surface area (Å²) in [6.45, 7) is 6.99. The molecule has 0 spiro atoms. The number of ether oxygens (including phenoxy) is 3. The van der Waals surface area contributed by atoms with Gasteiger partial charge in [0.25, 0.3) is 5.56 Å². The summed E-state index contributed by atoms with van der Waals surface area (Å²) in [7, 11) is 0. The molecule has 6 nitrogen and oxygen atoms in total. The van der Waals surface area contributed by atoms with Gasteiger partial charge in [-0.3, -0.25) is 4.79 Å². The fourth-order valence-corrected chi connectivity index (χ4v) is 5.88. The van der Waals surface area contributed by atoms with E-state index in [9.17, 15) is 4.79 Å². The second kappa shape index (κ2) is 11.0. The van der Waals surface area contributed by atoms with Crippen LogP contribution in [0.25, 0.3) is 21.6 Å². The van der Waals surface area contributed by atoms with Crippen molar-refractivity contribution in [3.05, 3.63) is 81.5 Å². The Hall–Kier alpha value is -3.58. The van der Waals surface area contributed by atoms with Crippen LogP contribution < -0.4 is 19.8 Å². The number of H-pyrrole nitrogens is 1. The normalized spacial score (nSPS) is 12.8. The monoisotopic (exact) mass is 502 g/mol. The first-order valence-electron chi connectivity index (χ1n) is 12.4. The van der Waals surface area contributed by atoms with Gasteiger partial charge in [0.15, 0.2) is 11.5 Å². The molecule has 36 heavy (non-hydrogen) atoms. The number of rotatable bonds is 10. The third-order valence-electron chi connectivity index (χ3n) is 6.28. The lowest BCUT2D eigenvalue weighted by Gasteiger charge is -2.14. The molecule has 1 N–H and O–H groups in total. The largest absolute Gasteiger partial charge is 0.490 e. The van der Waals surface area contributed by atoms with Crippen molar-refractivity contribution in [2.45, 2.75) is 39.0 Å². The molecule has 0 unspecified atom stereocenters. The van der Waals surface area contributed by atoms with Gasteiger partial charge < -0.3 is 19.2 Å². The number of hydrogen-bond acceptors (Lipinski definition) is 6. The van der Waals surface area contributed by atoms with E-state index in [2.05, 4.69) is 11.6 Å². The highest BCUT2D eigenvalue weighted by Crippen LogP contribution is 2.36. The van der Waals surface area contributed by atoms with Crippen molar-refractivity contribution < 1.29 is 14.2 Å². The van der Waals surface area contributed by atoms with Crippen molar-refractivity contribution in [2.24, 2.45) is 0 Å². The van der Waals surface area contributed by atoms with Gasteiger partial charge in [-0.15, -0.1) is 17.9 Å². The van der Waals surface area contributed by atoms with Gasteiger partial charge in [0.1, 0.15) is 29.6 Å². The summed E-state index contributed by atoms with van der Waals surface area (Å²) in [5.74, 6) is 2.61. The number of aromatic amines is 1. The molecule has 0 amide bonds. The van der Waals surface area contributed by atoms with Crippen molar-refractivity contribution in [1.82, 2.24) is 9.97 Å². The lowest BCUT2D eigenvalue weighted by Crippen LogP contribution is -2.12. The molecular weight excluding hydrogens is 472 g/mol. The molecule has 7 heteroatoms. The second-order valence-corrected chi connectivity index (χ2v) is 9.78. The van der Waals surface area contributed by atoms with Crippen LogP contribution >= 0.6 is 11.3 Å². The summed E-state index contributed by atoms with van der Waals surface area (Å²) in [5, 5.41) is 0.762. The molecular formula is C29H30N2O4S. The number of thiophene rings is 1. The molecule has 5 rings (SSSR count). The Balaban J connectivity index is 1.33. The number of aryl methyl sites for hydroxylation is 2. The predicted octanol–water partition coefficient (Wildman–Crippen LogP) is 6.12. The minimum absolute atomic E-state index is 0.0680. The van der Waals surface area contributed by atoms with Gasteiger partial charge in [0.2, 0.25) is 0 Å². The summed E-state index contributed by atoms with van der Waals surface area (Å²) < 4.78 is 17.8. The van der Waals surface area contributed by atoms with Gasteiger partial charge in [-0.05, 0) is 74.4 Å². The number of hydrogen-bond donors (Lipinski definition) is 1. The highest BCUT2D eigenvalue weighted by atomic mass is 32.1. The average molecular weight is 503 g/mol. The summed E-state index contributed by atoms with van der Waals surface area (Å²) in [5.41, 5.74) is 3.00. The van der Waals surface area contributed by atoms with Crippen molar-refractivity contribution in [3.8, 4) is 28.6 Å². The van der Waals surface area contributed by atoms with E-state index in [1.165, 1.54) is 16.9 Å². The quantitative estimate of drug-likeness (QED) is 0.209. The van der Waals surface area contributed by atoms with E-state index in [4.69, 9.17) is 19.2 Å². The molecule has 186 valence electrons. The van der Waals surface area contributed by atoms with Crippen molar-refractivity contribution in [3.63, 3.8) is 0 Å². The van der Waals surface area contributed by atoms with E-state index in [0.717, 1.165) is 52.8 Å². The highest BCUT2D eigenvalue weighted by molar-refractivity contribution is 7.18.